The number of piperidine rings is 1. The highest BCUT2D eigenvalue weighted by molar-refractivity contribution is 7.88. The van der Waals surface area contributed by atoms with Gasteiger partial charge >= 0.3 is 0 Å². The van der Waals surface area contributed by atoms with Gasteiger partial charge in [0.1, 0.15) is 0 Å². The Morgan fingerprint density at radius 3 is 2.30 bits per heavy atom. The fourth-order valence-corrected chi connectivity index (χ4v) is 4.66. The standard InChI is InChI=1S/C21H29N7O4S/c1-3-16-10-24-21(25-11-16)26-6-4-17(5-7-26)15-32-19-13-22-18(12-23-19)28-9-8-27(14-20(28)29)33(2,30)31/h10-13,17H,3-9,14-15H2,1-2H3. The van der Waals surface area contributed by atoms with Crippen LogP contribution in [0.4, 0.5) is 11.8 Å². The highest BCUT2D eigenvalue weighted by Gasteiger charge is 2.30. The van der Waals surface area contributed by atoms with E-state index in [9.17, 15) is 13.2 Å². The molecule has 4 rings (SSSR count). The minimum atomic E-state index is -3.39. The first-order valence-corrected chi connectivity index (χ1v) is 12.9. The molecule has 12 heteroatoms. The third kappa shape index (κ3) is 5.74. The van der Waals surface area contributed by atoms with E-state index in [0.717, 1.165) is 54.4 Å². The van der Waals surface area contributed by atoms with E-state index in [0.29, 0.717) is 24.2 Å². The molecule has 2 aliphatic rings. The molecule has 0 saturated carbocycles. The van der Waals surface area contributed by atoms with E-state index in [-0.39, 0.29) is 25.5 Å². The molecule has 0 bridgehead atoms. The fourth-order valence-electron chi connectivity index (χ4n) is 3.90. The van der Waals surface area contributed by atoms with Crippen LogP contribution in [0.5, 0.6) is 5.88 Å². The van der Waals surface area contributed by atoms with Crippen molar-refractivity contribution in [2.24, 2.45) is 5.92 Å². The van der Waals surface area contributed by atoms with Crippen LogP contribution in [0.15, 0.2) is 24.8 Å². The van der Waals surface area contributed by atoms with Crippen LogP contribution in [0, 0.1) is 5.92 Å². The van der Waals surface area contributed by atoms with Crippen LogP contribution in [0.2, 0.25) is 0 Å². The zero-order chi connectivity index (χ0) is 23.4. The lowest BCUT2D eigenvalue weighted by molar-refractivity contribution is -0.120. The Labute approximate surface area is 193 Å². The average Bonchev–Trinajstić information content (AvgIpc) is 2.83. The number of carbonyl (C=O) groups is 1. The van der Waals surface area contributed by atoms with E-state index >= 15 is 0 Å². The zero-order valence-corrected chi connectivity index (χ0v) is 19.7. The van der Waals surface area contributed by atoms with Crippen molar-refractivity contribution in [2.45, 2.75) is 26.2 Å². The first kappa shape index (κ1) is 23.3. The van der Waals surface area contributed by atoms with Crippen molar-refractivity contribution >= 4 is 27.7 Å². The summed E-state index contributed by atoms with van der Waals surface area (Å²) in [6, 6.07) is 0. The second-order valence-corrected chi connectivity index (χ2v) is 10.3. The van der Waals surface area contributed by atoms with Crippen LogP contribution in [-0.2, 0) is 21.2 Å². The van der Waals surface area contributed by atoms with E-state index < -0.39 is 10.0 Å². The van der Waals surface area contributed by atoms with Gasteiger partial charge in [0.2, 0.25) is 27.8 Å². The minimum absolute atomic E-state index is 0.189. The van der Waals surface area contributed by atoms with E-state index in [1.165, 1.54) is 17.3 Å². The maximum absolute atomic E-state index is 12.3. The van der Waals surface area contributed by atoms with E-state index in [1.807, 2.05) is 12.4 Å². The van der Waals surface area contributed by atoms with Crippen molar-refractivity contribution in [1.29, 1.82) is 0 Å². The second-order valence-electron chi connectivity index (χ2n) is 8.34. The predicted molar refractivity (Wildman–Crippen MR) is 123 cm³/mol. The molecule has 11 nitrogen and oxygen atoms in total. The topological polar surface area (TPSA) is 122 Å². The molecule has 4 heterocycles. The SMILES string of the molecule is CCc1cnc(N2CCC(COc3cnc(N4CCN(S(C)(=O)=O)CC4=O)cn3)CC2)nc1. The molecule has 1 amide bonds. The number of hydrogen-bond donors (Lipinski definition) is 0. The van der Waals surface area contributed by atoms with Gasteiger partial charge in [0.15, 0.2) is 5.82 Å². The first-order valence-electron chi connectivity index (χ1n) is 11.1. The molecule has 0 unspecified atom stereocenters. The summed E-state index contributed by atoms with van der Waals surface area (Å²) in [6.45, 7) is 4.68. The van der Waals surface area contributed by atoms with Crippen molar-refractivity contribution in [1.82, 2.24) is 24.2 Å². The number of sulfonamides is 1. The Balaban J connectivity index is 1.24. The Morgan fingerprint density at radius 2 is 1.73 bits per heavy atom. The summed E-state index contributed by atoms with van der Waals surface area (Å²) in [5, 5.41) is 0. The van der Waals surface area contributed by atoms with Crippen LogP contribution in [0.25, 0.3) is 0 Å². The van der Waals surface area contributed by atoms with Crippen LogP contribution in [-0.4, -0.2) is 84.2 Å². The maximum atomic E-state index is 12.3. The lowest BCUT2D eigenvalue weighted by Gasteiger charge is -2.32. The molecule has 0 spiro atoms. The monoisotopic (exact) mass is 475 g/mol. The molecule has 2 aromatic heterocycles. The molecule has 0 N–H and O–H groups in total. The van der Waals surface area contributed by atoms with Crippen LogP contribution >= 0.6 is 0 Å². The van der Waals surface area contributed by atoms with Gasteiger partial charge in [-0.15, -0.1) is 0 Å². The number of piperazine rings is 1. The van der Waals surface area contributed by atoms with Crippen molar-refractivity contribution in [3.05, 3.63) is 30.4 Å². The van der Waals surface area contributed by atoms with Crippen LogP contribution in [0.1, 0.15) is 25.3 Å². The average molecular weight is 476 g/mol. The molecule has 2 saturated heterocycles. The summed E-state index contributed by atoms with van der Waals surface area (Å²) in [6.07, 6.45) is 10.8. The Hall–Kier alpha value is -2.86. The molecule has 0 aromatic carbocycles. The van der Waals surface area contributed by atoms with E-state index in [4.69, 9.17) is 4.74 Å². The molecule has 0 aliphatic carbocycles. The third-order valence-electron chi connectivity index (χ3n) is 6.01. The van der Waals surface area contributed by atoms with Gasteiger partial charge in [-0.2, -0.15) is 4.31 Å². The van der Waals surface area contributed by atoms with Gasteiger partial charge < -0.3 is 9.64 Å². The summed E-state index contributed by atoms with van der Waals surface area (Å²) in [4.78, 5) is 33.5. The Morgan fingerprint density at radius 1 is 1.00 bits per heavy atom. The van der Waals surface area contributed by atoms with E-state index in [1.54, 1.807) is 0 Å². The predicted octanol–water partition coefficient (Wildman–Crippen LogP) is 0.733. The Bertz CT molecular complexity index is 1060. The normalized spacial score (nSPS) is 18.5. The van der Waals surface area contributed by atoms with Gasteiger partial charge in [-0.25, -0.2) is 28.4 Å². The number of ether oxygens (including phenoxy) is 1. The lowest BCUT2D eigenvalue weighted by atomic mass is 9.98. The zero-order valence-electron chi connectivity index (χ0n) is 18.9. The second kappa shape index (κ2) is 9.96. The number of amides is 1. The van der Waals surface area contributed by atoms with Crippen LogP contribution in [0.3, 0.4) is 0 Å². The molecule has 33 heavy (non-hydrogen) atoms. The summed E-state index contributed by atoms with van der Waals surface area (Å²) in [5.41, 5.74) is 1.13. The molecule has 2 fully saturated rings. The van der Waals surface area contributed by atoms with Gasteiger partial charge in [0.25, 0.3) is 0 Å². The van der Waals surface area contributed by atoms with E-state index in [2.05, 4.69) is 31.8 Å². The summed E-state index contributed by atoms with van der Waals surface area (Å²) >= 11 is 0. The molecule has 178 valence electrons. The summed E-state index contributed by atoms with van der Waals surface area (Å²) in [7, 11) is -3.39. The number of nitrogens with zero attached hydrogens (tertiary/aromatic N) is 7. The van der Waals surface area contributed by atoms with Crippen LogP contribution < -0.4 is 14.5 Å². The number of anilines is 2. The highest BCUT2D eigenvalue weighted by atomic mass is 32.2. The number of aromatic nitrogens is 4. The van der Waals surface area contributed by atoms with Gasteiger partial charge in [-0.05, 0) is 30.7 Å². The summed E-state index contributed by atoms with van der Waals surface area (Å²) < 4.78 is 30.3. The van der Waals surface area contributed by atoms with Crippen molar-refractivity contribution in [2.75, 3.05) is 55.4 Å². The number of rotatable bonds is 7. The van der Waals surface area contributed by atoms with Crippen molar-refractivity contribution in [3.63, 3.8) is 0 Å². The largest absolute Gasteiger partial charge is 0.476 e. The van der Waals surface area contributed by atoms with Crippen molar-refractivity contribution in [3.8, 4) is 5.88 Å². The fraction of sp³-hybridized carbons (Fsp3) is 0.571. The van der Waals surface area contributed by atoms with Gasteiger partial charge in [0.05, 0.1) is 31.8 Å². The van der Waals surface area contributed by atoms with Gasteiger partial charge in [0, 0.05) is 38.6 Å². The highest BCUT2D eigenvalue weighted by Crippen LogP contribution is 2.22. The number of hydrogen-bond acceptors (Lipinski definition) is 9. The molecular weight excluding hydrogens is 446 g/mol. The number of carbonyl (C=O) groups excluding carboxylic acids is 1. The van der Waals surface area contributed by atoms with Crippen molar-refractivity contribution < 1.29 is 17.9 Å². The smallest absolute Gasteiger partial charge is 0.243 e. The van der Waals surface area contributed by atoms with Gasteiger partial charge in [-0.1, -0.05) is 6.92 Å². The summed E-state index contributed by atoms with van der Waals surface area (Å²) in [5.74, 6) is 1.66. The first-order chi connectivity index (χ1) is 15.8. The quantitative estimate of drug-likeness (QED) is 0.570. The molecule has 0 atom stereocenters. The van der Waals surface area contributed by atoms with Gasteiger partial charge in [-0.3, -0.25) is 9.69 Å². The maximum Gasteiger partial charge on any atom is 0.243 e. The molecule has 2 aromatic rings. The molecule has 2 aliphatic heterocycles. The molecular formula is C21H29N7O4S. The third-order valence-corrected chi connectivity index (χ3v) is 7.26. The Kier molecular flexibility index (Phi) is 7.03. The number of aryl methyl sites for hydroxylation is 1. The molecule has 0 radical (unpaired) electrons. The lowest BCUT2D eigenvalue weighted by Crippen LogP contribution is -2.52. The minimum Gasteiger partial charge on any atom is -0.476 e.